The van der Waals surface area contributed by atoms with Gasteiger partial charge in [-0.05, 0) is 25.8 Å². The van der Waals surface area contributed by atoms with E-state index in [9.17, 15) is 4.79 Å². The van der Waals surface area contributed by atoms with E-state index in [2.05, 4.69) is 10.1 Å². The van der Waals surface area contributed by atoms with Crippen molar-refractivity contribution in [2.24, 2.45) is 0 Å². The third kappa shape index (κ3) is 3.21. The van der Waals surface area contributed by atoms with Gasteiger partial charge in [0.15, 0.2) is 17.6 Å². The van der Waals surface area contributed by atoms with Gasteiger partial charge in [0.05, 0.1) is 7.11 Å². The summed E-state index contributed by atoms with van der Waals surface area (Å²) in [4.78, 5) is 11.5. The SMILES string of the molecule is COC(=O)C(C)Oc1cc2c(cc1CNC1CC1)OCO2. The van der Waals surface area contributed by atoms with E-state index in [0.717, 1.165) is 5.56 Å². The second-order valence-corrected chi connectivity index (χ2v) is 5.25. The first-order valence-corrected chi connectivity index (χ1v) is 7.07. The highest BCUT2D eigenvalue weighted by Crippen LogP contribution is 2.38. The van der Waals surface area contributed by atoms with Gasteiger partial charge in [0.2, 0.25) is 6.79 Å². The predicted molar refractivity (Wildman–Crippen MR) is 74.5 cm³/mol. The molecule has 6 nitrogen and oxygen atoms in total. The molecule has 1 aliphatic heterocycles. The van der Waals surface area contributed by atoms with Gasteiger partial charge >= 0.3 is 5.97 Å². The highest BCUT2D eigenvalue weighted by atomic mass is 16.7. The maximum Gasteiger partial charge on any atom is 0.346 e. The van der Waals surface area contributed by atoms with E-state index < -0.39 is 12.1 Å². The number of esters is 1. The summed E-state index contributed by atoms with van der Waals surface area (Å²) >= 11 is 0. The van der Waals surface area contributed by atoms with Gasteiger partial charge in [-0.2, -0.15) is 0 Å². The first-order valence-electron chi connectivity index (χ1n) is 7.07. The number of fused-ring (bicyclic) bond motifs is 1. The molecule has 1 aromatic carbocycles. The Hall–Kier alpha value is -1.95. The highest BCUT2D eigenvalue weighted by molar-refractivity contribution is 5.74. The van der Waals surface area contributed by atoms with Crippen LogP contribution >= 0.6 is 0 Å². The number of ether oxygens (including phenoxy) is 4. The molecular formula is C15H19NO5. The summed E-state index contributed by atoms with van der Waals surface area (Å²) in [6.45, 7) is 2.54. The Morgan fingerprint density at radius 1 is 1.38 bits per heavy atom. The molecule has 1 saturated carbocycles. The van der Waals surface area contributed by atoms with Crippen LogP contribution in [0, 0.1) is 0 Å². The average Bonchev–Trinajstić information content (AvgIpc) is 3.21. The van der Waals surface area contributed by atoms with Gasteiger partial charge in [0.25, 0.3) is 0 Å². The Morgan fingerprint density at radius 3 is 2.76 bits per heavy atom. The molecule has 6 heteroatoms. The molecule has 0 spiro atoms. The number of benzene rings is 1. The van der Waals surface area contributed by atoms with E-state index in [0.29, 0.717) is 29.8 Å². The van der Waals surface area contributed by atoms with Crippen molar-refractivity contribution in [3.63, 3.8) is 0 Å². The van der Waals surface area contributed by atoms with E-state index in [1.165, 1.54) is 20.0 Å². The minimum atomic E-state index is -0.671. The first-order chi connectivity index (χ1) is 10.2. The zero-order chi connectivity index (χ0) is 14.8. The van der Waals surface area contributed by atoms with E-state index in [1.54, 1.807) is 13.0 Å². The van der Waals surface area contributed by atoms with Crippen molar-refractivity contribution in [1.29, 1.82) is 0 Å². The first kappa shape index (κ1) is 14.0. The molecule has 1 aromatic rings. The molecule has 2 aliphatic rings. The Labute approximate surface area is 123 Å². The largest absolute Gasteiger partial charge is 0.479 e. The molecule has 21 heavy (non-hydrogen) atoms. The lowest BCUT2D eigenvalue weighted by Crippen LogP contribution is -2.26. The topological polar surface area (TPSA) is 66.0 Å². The van der Waals surface area contributed by atoms with Crippen molar-refractivity contribution in [3.05, 3.63) is 17.7 Å². The fourth-order valence-electron chi connectivity index (χ4n) is 2.16. The van der Waals surface area contributed by atoms with Crippen LogP contribution in [0.4, 0.5) is 0 Å². The molecule has 3 rings (SSSR count). The van der Waals surface area contributed by atoms with E-state index in [-0.39, 0.29) is 6.79 Å². The van der Waals surface area contributed by atoms with Crippen LogP contribution < -0.4 is 19.5 Å². The van der Waals surface area contributed by atoms with E-state index in [1.807, 2.05) is 6.07 Å². The standard InChI is InChI=1S/C15H19NO5/c1-9(15(17)18-2)21-12-6-14-13(19-8-20-14)5-10(12)7-16-11-3-4-11/h5-6,9,11,16H,3-4,7-8H2,1-2H3. The molecule has 1 N–H and O–H groups in total. The maximum absolute atomic E-state index is 11.5. The van der Waals surface area contributed by atoms with Crippen molar-refractivity contribution < 1.29 is 23.7 Å². The van der Waals surface area contributed by atoms with Crippen molar-refractivity contribution in [2.75, 3.05) is 13.9 Å². The van der Waals surface area contributed by atoms with Gasteiger partial charge in [0.1, 0.15) is 5.75 Å². The smallest absolute Gasteiger partial charge is 0.346 e. The molecule has 1 fully saturated rings. The van der Waals surface area contributed by atoms with Crippen LogP contribution in [0.2, 0.25) is 0 Å². The van der Waals surface area contributed by atoms with Gasteiger partial charge in [0, 0.05) is 24.2 Å². The van der Waals surface area contributed by atoms with Crippen molar-refractivity contribution >= 4 is 5.97 Å². The van der Waals surface area contributed by atoms with Gasteiger partial charge < -0.3 is 24.3 Å². The Kier molecular flexibility index (Phi) is 3.88. The summed E-state index contributed by atoms with van der Waals surface area (Å²) in [6, 6.07) is 4.25. The molecule has 1 unspecified atom stereocenters. The third-order valence-corrected chi connectivity index (χ3v) is 3.55. The van der Waals surface area contributed by atoms with Crippen molar-refractivity contribution in [1.82, 2.24) is 5.32 Å². The summed E-state index contributed by atoms with van der Waals surface area (Å²) in [6.07, 6.45) is 1.74. The van der Waals surface area contributed by atoms with Crippen LogP contribution in [0.25, 0.3) is 0 Å². The molecule has 1 aliphatic carbocycles. The normalized spacial score (nSPS) is 17.4. The van der Waals surface area contributed by atoms with Crippen LogP contribution in [0.5, 0.6) is 17.2 Å². The number of nitrogens with one attached hydrogen (secondary N) is 1. The molecule has 114 valence electrons. The molecule has 1 atom stereocenters. The second-order valence-electron chi connectivity index (χ2n) is 5.25. The summed E-state index contributed by atoms with van der Waals surface area (Å²) in [5.41, 5.74) is 0.946. The molecule has 0 radical (unpaired) electrons. The molecular weight excluding hydrogens is 274 g/mol. The molecule has 1 heterocycles. The molecule has 0 bridgehead atoms. The molecule has 0 saturated heterocycles. The van der Waals surface area contributed by atoms with Crippen LogP contribution in [-0.2, 0) is 16.1 Å². The fraction of sp³-hybridized carbons (Fsp3) is 0.533. The van der Waals surface area contributed by atoms with E-state index >= 15 is 0 Å². The summed E-state index contributed by atoms with van der Waals surface area (Å²) in [5, 5.41) is 3.43. The third-order valence-electron chi connectivity index (χ3n) is 3.55. The van der Waals surface area contributed by atoms with E-state index in [4.69, 9.17) is 14.2 Å². The summed E-state index contributed by atoms with van der Waals surface area (Å²) in [7, 11) is 1.34. The summed E-state index contributed by atoms with van der Waals surface area (Å²) < 4.78 is 21.2. The van der Waals surface area contributed by atoms with Gasteiger partial charge in [-0.25, -0.2) is 4.79 Å². The summed E-state index contributed by atoms with van der Waals surface area (Å²) in [5.74, 6) is 1.55. The van der Waals surface area contributed by atoms with Crippen LogP contribution in [0.1, 0.15) is 25.3 Å². The fourth-order valence-corrected chi connectivity index (χ4v) is 2.16. The van der Waals surface area contributed by atoms with Crippen LogP contribution in [0.3, 0.4) is 0 Å². The van der Waals surface area contributed by atoms with Gasteiger partial charge in [-0.15, -0.1) is 0 Å². The number of rotatable bonds is 6. The predicted octanol–water partition coefficient (Wildman–Crippen LogP) is 1.61. The number of methoxy groups -OCH3 is 1. The van der Waals surface area contributed by atoms with Crippen molar-refractivity contribution in [3.8, 4) is 17.2 Å². The lowest BCUT2D eigenvalue weighted by Gasteiger charge is -2.16. The zero-order valence-corrected chi connectivity index (χ0v) is 12.2. The Balaban J connectivity index is 1.79. The maximum atomic E-state index is 11.5. The Morgan fingerprint density at radius 2 is 2.10 bits per heavy atom. The minimum Gasteiger partial charge on any atom is -0.479 e. The monoisotopic (exact) mass is 293 g/mol. The highest BCUT2D eigenvalue weighted by Gasteiger charge is 2.24. The molecule has 0 aromatic heterocycles. The number of carbonyl (C=O) groups is 1. The lowest BCUT2D eigenvalue weighted by atomic mass is 10.1. The Bertz CT molecular complexity index is 541. The molecule has 0 amide bonds. The lowest BCUT2D eigenvalue weighted by molar-refractivity contribution is -0.147. The number of carbonyl (C=O) groups excluding carboxylic acids is 1. The van der Waals surface area contributed by atoms with Gasteiger partial charge in [-0.3, -0.25) is 0 Å². The number of hydrogen-bond donors (Lipinski definition) is 1. The van der Waals surface area contributed by atoms with Crippen molar-refractivity contribution in [2.45, 2.75) is 38.5 Å². The van der Waals surface area contributed by atoms with Crippen LogP contribution in [-0.4, -0.2) is 32.0 Å². The second kappa shape index (κ2) is 5.81. The minimum absolute atomic E-state index is 0.209. The quantitative estimate of drug-likeness (QED) is 0.804. The zero-order valence-electron chi connectivity index (χ0n) is 12.2. The van der Waals surface area contributed by atoms with Crippen LogP contribution in [0.15, 0.2) is 12.1 Å². The average molecular weight is 293 g/mol. The van der Waals surface area contributed by atoms with Gasteiger partial charge in [-0.1, -0.05) is 0 Å². The number of hydrogen-bond acceptors (Lipinski definition) is 6.